The quantitative estimate of drug-likeness (QED) is 0.797. The van der Waals surface area contributed by atoms with Gasteiger partial charge in [0.15, 0.2) is 0 Å². The Kier molecular flexibility index (Phi) is 4.21. The topological polar surface area (TPSA) is 22.1 Å². The molecule has 5 unspecified atom stereocenters. The molecular weight excluding hydrogens is 278 g/mol. The summed E-state index contributed by atoms with van der Waals surface area (Å²) in [6.45, 7) is 6.63. The van der Waals surface area contributed by atoms with Crippen molar-refractivity contribution in [3.63, 3.8) is 0 Å². The molecule has 0 aromatic carbocycles. The standard InChI is InChI=1S/C14H20BrNO/c1-9-10(2)17-11(3)14(9)13(15)8-12-6-4-5-7-16-12/h4-7,9-11,13-14H,8H2,1-3H3. The molecule has 5 atom stereocenters. The van der Waals surface area contributed by atoms with E-state index in [1.165, 1.54) is 0 Å². The molecule has 0 N–H and O–H groups in total. The monoisotopic (exact) mass is 297 g/mol. The van der Waals surface area contributed by atoms with Crippen LogP contribution in [0.4, 0.5) is 0 Å². The van der Waals surface area contributed by atoms with Crippen LogP contribution in [0.15, 0.2) is 24.4 Å². The minimum absolute atomic E-state index is 0.327. The highest BCUT2D eigenvalue weighted by Gasteiger charge is 2.40. The lowest BCUT2D eigenvalue weighted by Crippen LogP contribution is -2.28. The third-order valence-electron chi connectivity index (χ3n) is 3.87. The smallest absolute Gasteiger partial charge is 0.0593 e. The van der Waals surface area contributed by atoms with E-state index in [2.05, 4.69) is 47.8 Å². The Hall–Kier alpha value is -0.410. The van der Waals surface area contributed by atoms with Gasteiger partial charge in [-0.05, 0) is 31.9 Å². The highest BCUT2D eigenvalue weighted by atomic mass is 79.9. The molecule has 1 aliphatic rings. The van der Waals surface area contributed by atoms with E-state index in [1.807, 2.05) is 18.3 Å². The van der Waals surface area contributed by atoms with Crippen molar-refractivity contribution in [2.75, 3.05) is 0 Å². The Morgan fingerprint density at radius 1 is 1.29 bits per heavy atom. The first kappa shape index (κ1) is 13.0. The van der Waals surface area contributed by atoms with Crippen molar-refractivity contribution in [2.45, 2.75) is 44.2 Å². The second-order valence-electron chi connectivity index (χ2n) is 5.02. The summed E-state index contributed by atoms with van der Waals surface area (Å²) in [6.07, 6.45) is 3.51. The molecule has 3 heteroatoms. The van der Waals surface area contributed by atoms with Gasteiger partial charge in [-0.15, -0.1) is 0 Å². The largest absolute Gasteiger partial charge is 0.375 e. The summed E-state index contributed by atoms with van der Waals surface area (Å²) in [4.78, 5) is 4.83. The molecule has 0 spiro atoms. The van der Waals surface area contributed by atoms with Gasteiger partial charge < -0.3 is 4.74 Å². The van der Waals surface area contributed by atoms with Crippen molar-refractivity contribution >= 4 is 15.9 Å². The number of aromatic nitrogens is 1. The van der Waals surface area contributed by atoms with Crippen LogP contribution in [0.1, 0.15) is 26.5 Å². The van der Waals surface area contributed by atoms with Crippen LogP contribution in [-0.2, 0) is 11.2 Å². The van der Waals surface area contributed by atoms with Crippen LogP contribution in [0.5, 0.6) is 0 Å². The Morgan fingerprint density at radius 2 is 2.06 bits per heavy atom. The number of nitrogens with zero attached hydrogens (tertiary/aromatic N) is 1. The van der Waals surface area contributed by atoms with Crippen molar-refractivity contribution in [1.82, 2.24) is 4.98 Å². The van der Waals surface area contributed by atoms with Crippen LogP contribution < -0.4 is 0 Å². The van der Waals surface area contributed by atoms with Crippen LogP contribution >= 0.6 is 15.9 Å². The van der Waals surface area contributed by atoms with E-state index >= 15 is 0 Å². The van der Waals surface area contributed by atoms with Gasteiger partial charge in [0.1, 0.15) is 0 Å². The number of alkyl halides is 1. The Morgan fingerprint density at radius 3 is 2.59 bits per heavy atom. The lowest BCUT2D eigenvalue weighted by Gasteiger charge is -2.24. The predicted molar refractivity (Wildman–Crippen MR) is 73.3 cm³/mol. The van der Waals surface area contributed by atoms with E-state index in [9.17, 15) is 0 Å². The van der Waals surface area contributed by atoms with Crippen LogP contribution in [0.25, 0.3) is 0 Å². The van der Waals surface area contributed by atoms with Gasteiger partial charge in [-0.2, -0.15) is 0 Å². The summed E-state index contributed by atoms with van der Waals surface area (Å²) in [5.74, 6) is 1.16. The van der Waals surface area contributed by atoms with Gasteiger partial charge in [-0.25, -0.2) is 0 Å². The molecule has 17 heavy (non-hydrogen) atoms. The number of hydrogen-bond donors (Lipinski definition) is 0. The summed E-state index contributed by atoms with van der Waals surface area (Å²) in [5.41, 5.74) is 1.15. The zero-order chi connectivity index (χ0) is 12.4. The molecule has 0 saturated carbocycles. The SMILES string of the molecule is CC1OC(C)C(C(Br)Cc2ccccn2)C1C. The molecule has 1 fully saturated rings. The molecule has 0 amide bonds. The summed E-state index contributed by atoms with van der Waals surface area (Å²) in [5, 5.41) is 0. The van der Waals surface area contributed by atoms with Crippen LogP contribution in [0.3, 0.4) is 0 Å². The van der Waals surface area contributed by atoms with E-state index in [4.69, 9.17) is 4.74 Å². The van der Waals surface area contributed by atoms with Crippen LogP contribution in [0, 0.1) is 11.8 Å². The fraction of sp³-hybridized carbons (Fsp3) is 0.643. The van der Waals surface area contributed by atoms with Crippen molar-refractivity contribution in [2.24, 2.45) is 11.8 Å². The Balaban J connectivity index is 2.03. The number of halogens is 1. The molecule has 94 valence electrons. The number of ether oxygens (including phenoxy) is 1. The molecule has 0 bridgehead atoms. The first-order valence-corrected chi connectivity index (χ1v) is 7.20. The van der Waals surface area contributed by atoms with E-state index in [-0.39, 0.29) is 0 Å². The molecule has 2 nitrogen and oxygen atoms in total. The summed E-state index contributed by atoms with van der Waals surface area (Å²) < 4.78 is 5.89. The van der Waals surface area contributed by atoms with Gasteiger partial charge in [-0.1, -0.05) is 28.9 Å². The fourth-order valence-corrected chi connectivity index (χ4v) is 4.01. The van der Waals surface area contributed by atoms with Gasteiger partial charge in [0.2, 0.25) is 0 Å². The maximum absolute atomic E-state index is 5.89. The second kappa shape index (κ2) is 5.49. The molecule has 1 saturated heterocycles. The molecule has 1 aromatic rings. The molecule has 0 radical (unpaired) electrons. The van der Waals surface area contributed by atoms with Gasteiger partial charge in [-0.3, -0.25) is 4.98 Å². The van der Waals surface area contributed by atoms with Crippen LogP contribution in [-0.4, -0.2) is 22.0 Å². The van der Waals surface area contributed by atoms with Crippen molar-refractivity contribution in [3.05, 3.63) is 30.1 Å². The average molecular weight is 298 g/mol. The highest BCUT2D eigenvalue weighted by molar-refractivity contribution is 9.09. The molecule has 1 aliphatic heterocycles. The van der Waals surface area contributed by atoms with Gasteiger partial charge in [0.25, 0.3) is 0 Å². The minimum Gasteiger partial charge on any atom is -0.375 e. The maximum atomic E-state index is 5.89. The van der Waals surface area contributed by atoms with Gasteiger partial charge in [0, 0.05) is 29.1 Å². The summed E-state index contributed by atoms with van der Waals surface area (Å²) in [6, 6.07) is 6.09. The van der Waals surface area contributed by atoms with Crippen molar-refractivity contribution in [1.29, 1.82) is 0 Å². The minimum atomic E-state index is 0.327. The summed E-state index contributed by atoms with van der Waals surface area (Å²) >= 11 is 3.83. The third-order valence-corrected chi connectivity index (χ3v) is 4.80. The Bertz CT molecular complexity index is 356. The average Bonchev–Trinajstić information content (AvgIpc) is 2.54. The fourth-order valence-electron chi connectivity index (χ4n) is 2.77. The normalized spacial score (nSPS) is 34.8. The number of rotatable bonds is 3. The third kappa shape index (κ3) is 2.89. The maximum Gasteiger partial charge on any atom is 0.0593 e. The molecular formula is C14H20BrNO. The van der Waals surface area contributed by atoms with Crippen LogP contribution in [0.2, 0.25) is 0 Å². The Labute approximate surface area is 112 Å². The first-order chi connectivity index (χ1) is 8.09. The summed E-state index contributed by atoms with van der Waals surface area (Å²) in [7, 11) is 0. The molecule has 2 heterocycles. The molecule has 2 rings (SSSR count). The zero-order valence-electron chi connectivity index (χ0n) is 10.6. The molecule has 0 aliphatic carbocycles. The second-order valence-corrected chi connectivity index (χ2v) is 6.20. The lowest BCUT2D eigenvalue weighted by molar-refractivity contribution is 0.0511. The van der Waals surface area contributed by atoms with Crippen molar-refractivity contribution < 1.29 is 4.74 Å². The zero-order valence-corrected chi connectivity index (χ0v) is 12.2. The van der Waals surface area contributed by atoms with Gasteiger partial charge in [0.05, 0.1) is 12.2 Å². The van der Waals surface area contributed by atoms with Gasteiger partial charge >= 0.3 is 0 Å². The van der Waals surface area contributed by atoms with E-state index in [1.54, 1.807) is 0 Å². The van der Waals surface area contributed by atoms with E-state index < -0.39 is 0 Å². The van der Waals surface area contributed by atoms with E-state index in [0.29, 0.717) is 28.9 Å². The highest BCUT2D eigenvalue weighted by Crippen LogP contribution is 2.38. The first-order valence-electron chi connectivity index (χ1n) is 6.29. The molecule has 1 aromatic heterocycles. The predicted octanol–water partition coefficient (Wildman–Crippen LogP) is 3.45. The lowest BCUT2D eigenvalue weighted by atomic mass is 9.85. The van der Waals surface area contributed by atoms with E-state index in [0.717, 1.165) is 12.1 Å². The van der Waals surface area contributed by atoms with Crippen molar-refractivity contribution in [3.8, 4) is 0 Å². The number of pyridine rings is 1. The number of hydrogen-bond acceptors (Lipinski definition) is 2.